The fourth-order valence-corrected chi connectivity index (χ4v) is 3.59. The largest absolute Gasteiger partial charge is 0.494 e. The van der Waals surface area contributed by atoms with Gasteiger partial charge in [0.15, 0.2) is 11.0 Å². The van der Waals surface area contributed by atoms with Crippen LogP contribution in [0, 0.1) is 0 Å². The van der Waals surface area contributed by atoms with Gasteiger partial charge < -0.3 is 9.64 Å². The van der Waals surface area contributed by atoms with Crippen molar-refractivity contribution in [1.29, 1.82) is 0 Å². The van der Waals surface area contributed by atoms with Crippen molar-refractivity contribution in [3.8, 4) is 5.75 Å². The summed E-state index contributed by atoms with van der Waals surface area (Å²) in [7, 11) is 0. The number of ether oxygens (including phenoxy) is 1. The zero-order valence-electron chi connectivity index (χ0n) is 14.8. The average Bonchev–Trinajstić information content (AvgIpc) is 2.68. The predicted molar refractivity (Wildman–Crippen MR) is 115 cm³/mol. The van der Waals surface area contributed by atoms with Crippen LogP contribution in [0.15, 0.2) is 59.6 Å². The summed E-state index contributed by atoms with van der Waals surface area (Å²) in [6.07, 6.45) is 1.08. The minimum absolute atomic E-state index is 0. The number of thioether (sulfide) groups is 1. The molecule has 0 N–H and O–H groups in total. The van der Waals surface area contributed by atoms with Gasteiger partial charge in [0.2, 0.25) is 0 Å². The van der Waals surface area contributed by atoms with Crippen LogP contribution in [-0.2, 0) is 0 Å². The molecule has 4 nitrogen and oxygen atoms in total. The molecule has 2 aromatic carbocycles. The lowest BCUT2D eigenvalue weighted by Crippen LogP contribution is -2.35. The Balaban J connectivity index is 0.00000243. The quantitative estimate of drug-likeness (QED) is 0.609. The number of Topliss-reactive ketones (excluding diaryl/α,β-unsaturated/α-hetero) is 1. The van der Waals surface area contributed by atoms with E-state index in [9.17, 15) is 4.79 Å². The molecule has 0 saturated carbocycles. The molecule has 0 spiro atoms. The van der Waals surface area contributed by atoms with E-state index in [4.69, 9.17) is 4.74 Å². The number of ketones is 1. The Morgan fingerprint density at radius 1 is 1.15 bits per heavy atom. The molecule has 26 heavy (non-hydrogen) atoms. The van der Waals surface area contributed by atoms with Crippen molar-refractivity contribution in [2.24, 2.45) is 4.99 Å². The second-order valence-electron chi connectivity index (χ2n) is 5.67. The molecule has 0 amide bonds. The smallest absolute Gasteiger partial charge is 0.182 e. The third-order valence-corrected chi connectivity index (χ3v) is 4.97. The fraction of sp³-hybridized carbons (Fsp3) is 0.300. The number of anilines is 1. The van der Waals surface area contributed by atoms with Gasteiger partial charge in [-0.1, -0.05) is 42.1 Å². The molecule has 3 rings (SSSR count). The van der Waals surface area contributed by atoms with E-state index < -0.39 is 0 Å². The van der Waals surface area contributed by atoms with Gasteiger partial charge in [-0.15, -0.1) is 17.0 Å². The summed E-state index contributed by atoms with van der Waals surface area (Å²) in [5.41, 5.74) is 1.68. The highest BCUT2D eigenvalue weighted by Crippen LogP contribution is 2.25. The van der Waals surface area contributed by atoms with Gasteiger partial charge in [0.25, 0.3) is 0 Å². The van der Waals surface area contributed by atoms with Crippen molar-refractivity contribution < 1.29 is 9.53 Å². The Kier molecular flexibility index (Phi) is 8.19. The minimum Gasteiger partial charge on any atom is -0.494 e. The van der Waals surface area contributed by atoms with Gasteiger partial charge >= 0.3 is 0 Å². The van der Waals surface area contributed by atoms with Crippen LogP contribution in [-0.4, -0.2) is 36.4 Å². The molecule has 0 saturated heterocycles. The molecule has 1 aliphatic heterocycles. The number of hydrogen-bond donors (Lipinski definition) is 0. The van der Waals surface area contributed by atoms with Crippen LogP contribution in [0.3, 0.4) is 0 Å². The zero-order chi connectivity index (χ0) is 17.5. The summed E-state index contributed by atoms with van der Waals surface area (Å²) in [4.78, 5) is 19.4. The van der Waals surface area contributed by atoms with Gasteiger partial charge in [0.05, 0.1) is 13.2 Å². The number of rotatable bonds is 6. The van der Waals surface area contributed by atoms with Crippen molar-refractivity contribution >= 4 is 45.4 Å². The molecule has 138 valence electrons. The van der Waals surface area contributed by atoms with E-state index in [1.165, 1.54) is 0 Å². The van der Waals surface area contributed by atoms with E-state index >= 15 is 0 Å². The first-order valence-electron chi connectivity index (χ1n) is 8.54. The molecule has 0 aliphatic carbocycles. The Labute approximate surface area is 169 Å². The second kappa shape index (κ2) is 10.4. The summed E-state index contributed by atoms with van der Waals surface area (Å²) in [6, 6.07) is 17.3. The van der Waals surface area contributed by atoms with E-state index in [1.54, 1.807) is 11.8 Å². The number of carbonyl (C=O) groups excluding carboxylic acids is 1. The molecule has 0 unspecified atom stereocenters. The van der Waals surface area contributed by atoms with E-state index in [0.717, 1.165) is 40.9 Å². The Bertz CT molecular complexity index is 735. The SMILES string of the molecule is Br.CCOc1ccc(N(CC(=O)c2ccccc2)C2=NCCCS2)cc1. The number of aliphatic imine (C=N–C) groups is 1. The van der Waals surface area contributed by atoms with Crippen LogP contribution in [0.2, 0.25) is 0 Å². The second-order valence-corrected chi connectivity index (χ2v) is 6.73. The lowest BCUT2D eigenvalue weighted by atomic mass is 10.1. The van der Waals surface area contributed by atoms with E-state index in [1.807, 2.05) is 66.4 Å². The summed E-state index contributed by atoms with van der Waals surface area (Å²) in [5, 5.41) is 0.916. The fourth-order valence-electron chi connectivity index (χ4n) is 2.63. The normalized spacial score (nSPS) is 13.3. The van der Waals surface area contributed by atoms with Crippen molar-refractivity contribution in [3.63, 3.8) is 0 Å². The Morgan fingerprint density at radius 2 is 1.88 bits per heavy atom. The van der Waals surface area contributed by atoms with Gasteiger partial charge in [0, 0.05) is 23.5 Å². The molecular weight excluding hydrogens is 412 g/mol. The molecule has 6 heteroatoms. The van der Waals surface area contributed by atoms with Crippen LogP contribution in [0.25, 0.3) is 0 Å². The zero-order valence-corrected chi connectivity index (χ0v) is 17.3. The van der Waals surface area contributed by atoms with Crippen molar-refractivity contribution in [2.45, 2.75) is 13.3 Å². The molecule has 0 atom stereocenters. The number of benzene rings is 2. The van der Waals surface area contributed by atoms with Crippen LogP contribution < -0.4 is 9.64 Å². The van der Waals surface area contributed by atoms with Gasteiger partial charge in [-0.05, 0) is 37.6 Å². The minimum atomic E-state index is 0. The number of nitrogens with zero attached hydrogens (tertiary/aromatic N) is 2. The average molecular weight is 435 g/mol. The highest BCUT2D eigenvalue weighted by molar-refractivity contribution is 8.93. The summed E-state index contributed by atoms with van der Waals surface area (Å²) < 4.78 is 5.52. The van der Waals surface area contributed by atoms with Gasteiger partial charge in [0.1, 0.15) is 5.75 Å². The summed E-state index contributed by atoms with van der Waals surface area (Å²) in [6.45, 7) is 3.70. The lowest BCUT2D eigenvalue weighted by Gasteiger charge is -2.27. The van der Waals surface area contributed by atoms with Crippen molar-refractivity contribution in [3.05, 3.63) is 60.2 Å². The van der Waals surface area contributed by atoms with Gasteiger partial charge in [-0.25, -0.2) is 0 Å². The molecule has 0 bridgehead atoms. The standard InChI is InChI=1S/C20H22N2O2S.BrH/c1-2-24-18-11-9-17(10-12-18)22(20-21-13-6-14-25-20)15-19(23)16-7-4-3-5-8-16;/h3-5,7-12H,2,6,13-15H2,1H3;1H. The lowest BCUT2D eigenvalue weighted by molar-refractivity contribution is 0.100. The monoisotopic (exact) mass is 434 g/mol. The molecule has 0 aromatic heterocycles. The van der Waals surface area contributed by atoms with Crippen molar-refractivity contribution in [1.82, 2.24) is 0 Å². The van der Waals surface area contributed by atoms with E-state index in [2.05, 4.69) is 4.99 Å². The molecule has 0 fully saturated rings. The summed E-state index contributed by atoms with van der Waals surface area (Å²) in [5.74, 6) is 1.95. The molecule has 2 aromatic rings. The summed E-state index contributed by atoms with van der Waals surface area (Å²) >= 11 is 1.71. The van der Waals surface area contributed by atoms with Crippen LogP contribution in [0.5, 0.6) is 5.75 Å². The maximum Gasteiger partial charge on any atom is 0.182 e. The van der Waals surface area contributed by atoms with E-state index in [0.29, 0.717) is 6.61 Å². The number of halogens is 1. The van der Waals surface area contributed by atoms with Crippen LogP contribution in [0.1, 0.15) is 23.7 Å². The van der Waals surface area contributed by atoms with E-state index in [-0.39, 0.29) is 29.3 Å². The first-order chi connectivity index (χ1) is 12.3. The number of carbonyl (C=O) groups is 1. The highest BCUT2D eigenvalue weighted by atomic mass is 79.9. The van der Waals surface area contributed by atoms with Crippen molar-refractivity contribution in [2.75, 3.05) is 30.3 Å². The first-order valence-corrected chi connectivity index (χ1v) is 9.52. The Morgan fingerprint density at radius 3 is 2.50 bits per heavy atom. The topological polar surface area (TPSA) is 41.9 Å². The third kappa shape index (κ3) is 5.35. The highest BCUT2D eigenvalue weighted by Gasteiger charge is 2.20. The van der Waals surface area contributed by atoms with Crippen LogP contribution in [0.4, 0.5) is 5.69 Å². The number of hydrogen-bond acceptors (Lipinski definition) is 5. The van der Waals surface area contributed by atoms with Gasteiger partial charge in [-0.3, -0.25) is 9.79 Å². The molecular formula is C20H23BrN2O2S. The molecule has 1 heterocycles. The predicted octanol–water partition coefficient (Wildman–Crippen LogP) is 4.85. The first kappa shape index (κ1) is 20.5. The molecule has 0 radical (unpaired) electrons. The van der Waals surface area contributed by atoms with Crippen LogP contribution >= 0.6 is 28.7 Å². The maximum absolute atomic E-state index is 12.7. The maximum atomic E-state index is 12.7. The number of amidine groups is 1. The Hall–Kier alpha value is -1.79. The van der Waals surface area contributed by atoms with Gasteiger partial charge in [-0.2, -0.15) is 0 Å². The third-order valence-electron chi connectivity index (χ3n) is 3.87. The molecule has 1 aliphatic rings.